The number of hydrogen-bond acceptors (Lipinski definition) is 3. The van der Waals surface area contributed by atoms with Crippen molar-refractivity contribution in [1.29, 1.82) is 0 Å². The molecule has 27 heavy (non-hydrogen) atoms. The molecule has 0 aliphatic rings. The summed E-state index contributed by atoms with van der Waals surface area (Å²) in [4.78, 5) is 25.3. The van der Waals surface area contributed by atoms with Gasteiger partial charge in [0.05, 0.1) is 5.69 Å². The molecule has 0 bridgehead atoms. The summed E-state index contributed by atoms with van der Waals surface area (Å²) in [5.41, 5.74) is 1.47. The maximum absolute atomic E-state index is 12.8. The lowest BCUT2D eigenvalue weighted by Gasteiger charge is -2.16. The fraction of sp³-hybridized carbons (Fsp3) is 0.0909. The number of carbonyl (C=O) groups is 2. The monoisotopic (exact) mass is 423 g/mol. The van der Waals surface area contributed by atoms with Gasteiger partial charge in [0.15, 0.2) is 11.9 Å². The number of rotatable bonds is 6. The Morgan fingerprint density at radius 2 is 1.52 bits per heavy atom. The summed E-state index contributed by atoms with van der Waals surface area (Å²) in [6.07, 6.45) is -0.717. The Kier molecular flexibility index (Phi) is 6.04. The molecule has 0 radical (unpaired) electrons. The van der Waals surface area contributed by atoms with Crippen LogP contribution < -0.4 is 10.1 Å². The van der Waals surface area contributed by atoms with Crippen molar-refractivity contribution in [3.8, 4) is 5.75 Å². The van der Waals surface area contributed by atoms with Gasteiger partial charge in [0.25, 0.3) is 5.91 Å². The molecule has 0 spiro atoms. The van der Waals surface area contributed by atoms with Gasteiger partial charge < -0.3 is 10.1 Å². The van der Waals surface area contributed by atoms with Crippen LogP contribution in [0.2, 0.25) is 0 Å². The van der Waals surface area contributed by atoms with Gasteiger partial charge in [-0.2, -0.15) is 0 Å². The van der Waals surface area contributed by atoms with Crippen LogP contribution in [0.3, 0.4) is 0 Å². The summed E-state index contributed by atoms with van der Waals surface area (Å²) in [7, 11) is 0. The zero-order valence-corrected chi connectivity index (χ0v) is 16.3. The summed E-state index contributed by atoms with van der Waals surface area (Å²) in [5.74, 6) is 0.119. The van der Waals surface area contributed by atoms with Crippen LogP contribution >= 0.6 is 15.9 Å². The van der Waals surface area contributed by atoms with Gasteiger partial charge in [-0.15, -0.1) is 0 Å². The van der Waals surface area contributed by atoms with Crippen molar-refractivity contribution >= 4 is 33.3 Å². The highest BCUT2D eigenvalue weighted by Gasteiger charge is 2.19. The third kappa shape index (κ3) is 4.83. The molecular formula is C22H18BrNO3. The summed E-state index contributed by atoms with van der Waals surface area (Å²) in [5, 5.41) is 2.80. The highest BCUT2D eigenvalue weighted by Crippen LogP contribution is 2.21. The molecule has 5 heteroatoms. The summed E-state index contributed by atoms with van der Waals surface area (Å²) in [6.45, 7) is 1.67. The third-order valence-electron chi connectivity index (χ3n) is 3.96. The molecule has 3 aromatic carbocycles. The number of carbonyl (C=O) groups excluding carboxylic acids is 2. The Balaban J connectivity index is 1.74. The van der Waals surface area contributed by atoms with Crippen LogP contribution in [0.25, 0.3) is 0 Å². The van der Waals surface area contributed by atoms with Crippen LogP contribution in [0.5, 0.6) is 5.75 Å². The summed E-state index contributed by atoms with van der Waals surface area (Å²) in [6, 6.07) is 23.2. The quantitative estimate of drug-likeness (QED) is 0.561. The lowest BCUT2D eigenvalue weighted by atomic mass is 10.0. The molecule has 1 amide bonds. The van der Waals surface area contributed by atoms with Crippen molar-refractivity contribution in [2.24, 2.45) is 0 Å². The first-order valence-electron chi connectivity index (χ1n) is 8.46. The number of nitrogens with one attached hydrogen (secondary N) is 1. The zero-order valence-electron chi connectivity index (χ0n) is 14.7. The van der Waals surface area contributed by atoms with Crippen LogP contribution in [-0.4, -0.2) is 17.8 Å². The number of halogens is 1. The van der Waals surface area contributed by atoms with Gasteiger partial charge in [0.1, 0.15) is 5.75 Å². The van der Waals surface area contributed by atoms with E-state index in [9.17, 15) is 9.59 Å². The van der Waals surface area contributed by atoms with E-state index in [1.165, 1.54) is 0 Å². The molecule has 1 N–H and O–H groups in total. The molecule has 136 valence electrons. The smallest absolute Gasteiger partial charge is 0.265 e. The normalized spacial score (nSPS) is 11.5. The Morgan fingerprint density at radius 1 is 0.889 bits per heavy atom. The van der Waals surface area contributed by atoms with E-state index >= 15 is 0 Å². The standard InChI is InChI=1S/C22H18BrNO3/c1-15(27-18-13-11-17(23)12-14-18)22(26)24-20-10-6-5-9-19(20)21(25)16-7-3-2-4-8-16/h2-15H,1H3,(H,24,26)/t15-/m0/s1. The lowest BCUT2D eigenvalue weighted by molar-refractivity contribution is -0.122. The lowest BCUT2D eigenvalue weighted by Crippen LogP contribution is -2.30. The number of amides is 1. The molecule has 4 nitrogen and oxygen atoms in total. The van der Waals surface area contributed by atoms with Gasteiger partial charge in [-0.25, -0.2) is 0 Å². The Hall–Kier alpha value is -2.92. The van der Waals surface area contributed by atoms with Crippen LogP contribution in [0.4, 0.5) is 5.69 Å². The molecule has 0 saturated carbocycles. The first-order chi connectivity index (χ1) is 13.0. The predicted octanol–water partition coefficient (Wildman–Crippen LogP) is 5.09. The van der Waals surface area contributed by atoms with E-state index in [-0.39, 0.29) is 11.7 Å². The predicted molar refractivity (Wildman–Crippen MR) is 109 cm³/mol. The van der Waals surface area contributed by atoms with Crippen molar-refractivity contribution in [2.75, 3.05) is 5.32 Å². The largest absolute Gasteiger partial charge is 0.481 e. The topological polar surface area (TPSA) is 55.4 Å². The molecule has 0 aromatic heterocycles. The van der Waals surface area contributed by atoms with Crippen molar-refractivity contribution in [3.05, 3.63) is 94.5 Å². The van der Waals surface area contributed by atoms with E-state index in [1.807, 2.05) is 30.3 Å². The first-order valence-corrected chi connectivity index (χ1v) is 9.26. The number of benzene rings is 3. The van der Waals surface area contributed by atoms with Crippen molar-refractivity contribution < 1.29 is 14.3 Å². The molecule has 0 fully saturated rings. The maximum Gasteiger partial charge on any atom is 0.265 e. The number of ketones is 1. The molecule has 0 saturated heterocycles. The molecule has 1 atom stereocenters. The van der Waals surface area contributed by atoms with Gasteiger partial charge in [-0.05, 0) is 43.3 Å². The minimum Gasteiger partial charge on any atom is -0.481 e. The van der Waals surface area contributed by atoms with Gasteiger partial charge in [-0.3, -0.25) is 9.59 Å². The fourth-order valence-electron chi connectivity index (χ4n) is 2.54. The second-order valence-electron chi connectivity index (χ2n) is 5.94. The van der Waals surface area contributed by atoms with E-state index in [1.54, 1.807) is 55.5 Å². The first kappa shape index (κ1) is 18.9. The summed E-state index contributed by atoms with van der Waals surface area (Å²) >= 11 is 3.36. The SMILES string of the molecule is C[C@H](Oc1ccc(Br)cc1)C(=O)Nc1ccccc1C(=O)c1ccccc1. The highest BCUT2D eigenvalue weighted by molar-refractivity contribution is 9.10. The van der Waals surface area contributed by atoms with Crippen molar-refractivity contribution in [2.45, 2.75) is 13.0 Å². The van der Waals surface area contributed by atoms with Crippen LogP contribution in [0.1, 0.15) is 22.8 Å². The zero-order chi connectivity index (χ0) is 19.2. The van der Waals surface area contributed by atoms with Gasteiger partial charge in [0, 0.05) is 15.6 Å². The number of ether oxygens (including phenoxy) is 1. The number of para-hydroxylation sites is 1. The van der Waals surface area contributed by atoms with Crippen LogP contribution in [0, 0.1) is 0 Å². The summed E-state index contributed by atoms with van der Waals surface area (Å²) < 4.78 is 6.60. The average molecular weight is 424 g/mol. The fourth-order valence-corrected chi connectivity index (χ4v) is 2.80. The minimum atomic E-state index is -0.717. The Labute approximate surface area is 166 Å². The van der Waals surface area contributed by atoms with Crippen molar-refractivity contribution in [1.82, 2.24) is 0 Å². The van der Waals surface area contributed by atoms with E-state index in [4.69, 9.17) is 4.74 Å². The van der Waals surface area contributed by atoms with Crippen LogP contribution in [0.15, 0.2) is 83.3 Å². The van der Waals surface area contributed by atoms with E-state index in [2.05, 4.69) is 21.2 Å². The highest BCUT2D eigenvalue weighted by atomic mass is 79.9. The van der Waals surface area contributed by atoms with E-state index < -0.39 is 6.10 Å². The molecule has 0 unspecified atom stereocenters. The van der Waals surface area contributed by atoms with E-state index in [0.717, 1.165) is 4.47 Å². The minimum absolute atomic E-state index is 0.145. The maximum atomic E-state index is 12.8. The molecule has 3 rings (SSSR count). The molecule has 0 heterocycles. The van der Waals surface area contributed by atoms with Crippen LogP contribution in [-0.2, 0) is 4.79 Å². The van der Waals surface area contributed by atoms with E-state index in [0.29, 0.717) is 22.6 Å². The molecule has 0 aliphatic heterocycles. The molecular weight excluding hydrogens is 406 g/mol. The molecule has 0 aliphatic carbocycles. The number of anilines is 1. The van der Waals surface area contributed by atoms with Crippen molar-refractivity contribution in [3.63, 3.8) is 0 Å². The average Bonchev–Trinajstić information content (AvgIpc) is 2.70. The number of hydrogen-bond donors (Lipinski definition) is 1. The molecule has 3 aromatic rings. The van der Waals surface area contributed by atoms with Gasteiger partial charge in [0.2, 0.25) is 0 Å². The van der Waals surface area contributed by atoms with Gasteiger partial charge >= 0.3 is 0 Å². The Bertz CT molecular complexity index is 939. The van der Waals surface area contributed by atoms with Gasteiger partial charge in [-0.1, -0.05) is 58.4 Å². The second-order valence-corrected chi connectivity index (χ2v) is 6.86. The second kappa shape index (κ2) is 8.64. The Morgan fingerprint density at radius 3 is 2.22 bits per heavy atom. The third-order valence-corrected chi connectivity index (χ3v) is 4.49.